The van der Waals surface area contributed by atoms with Crippen molar-refractivity contribution in [2.24, 2.45) is 5.92 Å². The van der Waals surface area contributed by atoms with E-state index >= 15 is 0 Å². The molecule has 0 saturated carbocycles. The lowest BCUT2D eigenvalue weighted by Gasteiger charge is -2.30. The number of carbonyl (C=O) groups is 2. The van der Waals surface area contributed by atoms with Crippen LogP contribution < -0.4 is 15.8 Å². The van der Waals surface area contributed by atoms with Crippen LogP contribution in [0.15, 0.2) is 76.5 Å². The molecule has 2 aliphatic heterocycles. The number of nitrogens with one attached hydrogen (secondary N) is 2. The van der Waals surface area contributed by atoms with Crippen LogP contribution in [0.2, 0.25) is 0 Å². The zero-order valence-electron chi connectivity index (χ0n) is 22.0. The maximum atomic E-state index is 13.6. The van der Waals surface area contributed by atoms with Gasteiger partial charge in [-0.2, -0.15) is 0 Å². The molecule has 7 nitrogen and oxygen atoms in total. The van der Waals surface area contributed by atoms with E-state index in [1.54, 1.807) is 54.6 Å². The Bertz CT molecular complexity index is 1380. The van der Waals surface area contributed by atoms with Crippen molar-refractivity contribution in [3.63, 3.8) is 0 Å². The Labute approximate surface area is 230 Å². The zero-order chi connectivity index (χ0) is 27.4. The lowest BCUT2D eigenvalue weighted by Crippen LogP contribution is -2.43. The average molecular weight is 549 g/mol. The van der Waals surface area contributed by atoms with Crippen LogP contribution in [0, 0.1) is 11.7 Å². The minimum Gasteiger partial charge on any atom is -0.352 e. The van der Waals surface area contributed by atoms with E-state index in [0.29, 0.717) is 39.1 Å². The first kappa shape index (κ1) is 27.2. The van der Waals surface area contributed by atoms with Crippen molar-refractivity contribution in [3.8, 4) is 0 Å². The number of hydrazine groups is 1. The number of likely N-dealkylation sites (tertiary alicyclic amines) is 1. The summed E-state index contributed by atoms with van der Waals surface area (Å²) in [5.74, 6) is -0.260. The molecular weight excluding hydrogens is 515 g/mol. The van der Waals surface area contributed by atoms with Gasteiger partial charge in [0.25, 0.3) is 11.8 Å². The highest BCUT2D eigenvalue weighted by molar-refractivity contribution is 7.85. The van der Waals surface area contributed by atoms with E-state index in [1.807, 2.05) is 0 Å². The topological polar surface area (TPSA) is 81.8 Å². The van der Waals surface area contributed by atoms with Crippen LogP contribution in [0.25, 0.3) is 0 Å². The molecule has 2 amide bonds. The summed E-state index contributed by atoms with van der Waals surface area (Å²) in [5, 5.41) is 4.33. The molecule has 0 radical (unpaired) electrons. The number of benzene rings is 3. The van der Waals surface area contributed by atoms with Crippen molar-refractivity contribution in [2.45, 2.75) is 42.5 Å². The first-order valence-electron chi connectivity index (χ1n) is 13.4. The number of carbonyl (C=O) groups excluding carboxylic acids is 2. The Morgan fingerprint density at radius 3 is 2.67 bits per heavy atom. The quantitative estimate of drug-likeness (QED) is 0.405. The van der Waals surface area contributed by atoms with Gasteiger partial charge in [0.1, 0.15) is 5.82 Å². The fourth-order valence-corrected chi connectivity index (χ4v) is 6.50. The van der Waals surface area contributed by atoms with E-state index < -0.39 is 10.8 Å². The lowest BCUT2D eigenvalue weighted by molar-refractivity contribution is 0.0945. The van der Waals surface area contributed by atoms with Gasteiger partial charge in [0.15, 0.2) is 0 Å². The number of nitrogens with zero attached hydrogens (tertiary/aromatic N) is 2. The molecule has 0 aromatic heterocycles. The van der Waals surface area contributed by atoms with Crippen LogP contribution >= 0.6 is 0 Å². The van der Waals surface area contributed by atoms with Gasteiger partial charge in [0, 0.05) is 25.2 Å². The van der Waals surface area contributed by atoms with Gasteiger partial charge in [-0.05, 0) is 86.3 Å². The highest BCUT2D eigenvalue weighted by atomic mass is 32.2. The molecule has 1 fully saturated rings. The van der Waals surface area contributed by atoms with Crippen molar-refractivity contribution >= 4 is 28.3 Å². The molecular formula is C30H33FN4O3S. The van der Waals surface area contributed by atoms with E-state index in [9.17, 15) is 18.2 Å². The van der Waals surface area contributed by atoms with Gasteiger partial charge in [0.2, 0.25) is 0 Å². The molecule has 39 heavy (non-hydrogen) atoms. The summed E-state index contributed by atoms with van der Waals surface area (Å²) in [6, 6.07) is 17.7. The largest absolute Gasteiger partial charge is 0.352 e. The number of rotatable bonds is 8. The van der Waals surface area contributed by atoms with Crippen LogP contribution in [0.5, 0.6) is 0 Å². The molecule has 0 spiro atoms. The molecule has 2 unspecified atom stereocenters. The number of amides is 2. The molecule has 204 valence electrons. The predicted molar refractivity (Wildman–Crippen MR) is 149 cm³/mol. The van der Waals surface area contributed by atoms with Gasteiger partial charge in [-0.15, -0.1) is 0 Å². The summed E-state index contributed by atoms with van der Waals surface area (Å²) in [6.45, 7) is 6.21. The fourth-order valence-electron chi connectivity index (χ4n) is 5.17. The normalized spacial score (nSPS) is 19.2. The summed E-state index contributed by atoms with van der Waals surface area (Å²) < 4.78 is 26.9. The first-order chi connectivity index (χ1) is 18.9. The van der Waals surface area contributed by atoms with Gasteiger partial charge < -0.3 is 10.2 Å². The van der Waals surface area contributed by atoms with Crippen molar-refractivity contribution < 1.29 is 18.2 Å². The molecule has 5 rings (SSSR count). The van der Waals surface area contributed by atoms with Crippen molar-refractivity contribution in [3.05, 3.63) is 89.2 Å². The van der Waals surface area contributed by atoms with E-state index in [1.165, 1.54) is 30.0 Å². The maximum Gasteiger partial charge on any atom is 0.273 e. The Morgan fingerprint density at radius 1 is 1.08 bits per heavy atom. The highest BCUT2D eigenvalue weighted by Crippen LogP contribution is 2.34. The summed E-state index contributed by atoms with van der Waals surface area (Å²) >= 11 is 0. The molecule has 1 saturated heterocycles. The molecule has 9 heteroatoms. The Morgan fingerprint density at radius 2 is 1.87 bits per heavy atom. The molecule has 0 aliphatic carbocycles. The van der Waals surface area contributed by atoms with Gasteiger partial charge in [-0.25, -0.2) is 19.0 Å². The number of hydrogen-bond donors (Lipinski definition) is 2. The van der Waals surface area contributed by atoms with E-state index in [4.69, 9.17) is 0 Å². The monoisotopic (exact) mass is 548 g/mol. The molecule has 3 aromatic carbocycles. The van der Waals surface area contributed by atoms with E-state index in [2.05, 4.69) is 22.6 Å². The average Bonchev–Trinajstić information content (AvgIpc) is 3.03. The number of hydrogen-bond acceptors (Lipinski definition) is 5. The number of anilines is 1. The zero-order valence-corrected chi connectivity index (χ0v) is 22.8. The summed E-state index contributed by atoms with van der Waals surface area (Å²) in [6.07, 6.45) is 3.35. The van der Waals surface area contributed by atoms with E-state index in [0.717, 1.165) is 31.6 Å². The molecule has 0 bridgehead atoms. The Hall–Kier alpha value is -3.40. The standard InChI is InChI=1S/C30H33FN4O3S/c1-21-6-4-16-34(20-21)17-5-15-32-29(36)23-11-14-28-26(18-23)35(33-19-22-9-12-24(31)13-10-22)30(37)25-7-2-3-8-27(25)39(28)38/h2-3,7-14,18,21,33H,4-6,15-17,19-20H2,1H3,(H,32,36). The van der Waals surface area contributed by atoms with Crippen LogP contribution in [0.4, 0.5) is 10.1 Å². The second-order valence-corrected chi connectivity index (χ2v) is 11.6. The Kier molecular flexibility index (Phi) is 8.50. The first-order valence-corrected chi connectivity index (χ1v) is 14.5. The minimum atomic E-state index is -1.62. The summed E-state index contributed by atoms with van der Waals surface area (Å²) in [5.41, 5.74) is 4.93. The second kappa shape index (κ2) is 12.2. The summed E-state index contributed by atoms with van der Waals surface area (Å²) in [7, 11) is -1.62. The van der Waals surface area contributed by atoms with Gasteiger partial charge in [-0.1, -0.05) is 31.2 Å². The van der Waals surface area contributed by atoms with Crippen LogP contribution in [-0.2, 0) is 17.3 Å². The SMILES string of the molecule is CC1CCCN(CCCNC(=O)c2ccc3c(c2)N(NCc2ccc(F)cc2)C(=O)c2ccccc2S3=O)C1. The fraction of sp³-hybridized carbons (Fsp3) is 0.333. The lowest BCUT2D eigenvalue weighted by atomic mass is 10.0. The van der Waals surface area contributed by atoms with Crippen molar-refractivity contribution in [2.75, 3.05) is 31.2 Å². The van der Waals surface area contributed by atoms with Crippen LogP contribution in [0.3, 0.4) is 0 Å². The molecule has 3 aromatic rings. The third-order valence-corrected chi connectivity index (χ3v) is 8.71. The predicted octanol–water partition coefficient (Wildman–Crippen LogP) is 4.51. The molecule has 2 heterocycles. The maximum absolute atomic E-state index is 13.6. The molecule has 2 N–H and O–H groups in total. The van der Waals surface area contributed by atoms with Gasteiger partial charge >= 0.3 is 0 Å². The van der Waals surface area contributed by atoms with Gasteiger partial charge in [0.05, 0.1) is 31.8 Å². The van der Waals surface area contributed by atoms with Crippen LogP contribution in [0.1, 0.15) is 52.5 Å². The van der Waals surface area contributed by atoms with Crippen molar-refractivity contribution in [1.82, 2.24) is 15.6 Å². The second-order valence-electron chi connectivity index (χ2n) is 10.2. The number of halogens is 1. The number of piperidine rings is 1. The highest BCUT2D eigenvalue weighted by Gasteiger charge is 2.31. The van der Waals surface area contributed by atoms with E-state index in [-0.39, 0.29) is 24.2 Å². The smallest absolute Gasteiger partial charge is 0.273 e. The minimum absolute atomic E-state index is 0.228. The van der Waals surface area contributed by atoms with Crippen LogP contribution in [-0.4, -0.2) is 47.1 Å². The number of fused-ring (bicyclic) bond motifs is 2. The molecule has 2 aliphatic rings. The third kappa shape index (κ3) is 6.27. The Balaban J connectivity index is 1.35. The van der Waals surface area contributed by atoms with Gasteiger partial charge in [-0.3, -0.25) is 9.59 Å². The summed E-state index contributed by atoms with van der Waals surface area (Å²) in [4.78, 5) is 30.0. The van der Waals surface area contributed by atoms with Crippen molar-refractivity contribution in [1.29, 1.82) is 0 Å². The molecule has 2 atom stereocenters. The third-order valence-electron chi connectivity index (χ3n) is 7.21.